The molecular weight excluding hydrogens is 214 g/mol. The van der Waals surface area contributed by atoms with Gasteiger partial charge in [-0.05, 0) is 56.3 Å². The number of benzene rings is 1. The van der Waals surface area contributed by atoms with Gasteiger partial charge in [0.2, 0.25) is 0 Å². The molecule has 0 heterocycles. The monoisotopic (exact) mass is 237 g/mol. The summed E-state index contributed by atoms with van der Waals surface area (Å²) in [7, 11) is 0. The van der Waals surface area contributed by atoms with E-state index in [-0.39, 0.29) is 0 Å². The van der Waals surface area contributed by atoms with E-state index in [4.69, 9.17) is 0 Å². The Kier molecular flexibility index (Phi) is 8.27. The lowest BCUT2D eigenvalue weighted by Crippen LogP contribution is -2.17. The number of nitrogens with one attached hydrogen (secondary N) is 1. The van der Waals surface area contributed by atoms with Crippen molar-refractivity contribution in [3.05, 3.63) is 35.9 Å². The van der Waals surface area contributed by atoms with Gasteiger partial charge in [0, 0.05) is 0 Å². The molecule has 1 aromatic carbocycles. The summed E-state index contributed by atoms with van der Waals surface area (Å²) >= 11 is 1.93. The molecule has 0 unspecified atom stereocenters. The molecule has 0 saturated heterocycles. The number of aryl methyl sites for hydroxylation is 1. The van der Waals surface area contributed by atoms with Crippen LogP contribution in [-0.2, 0) is 6.42 Å². The molecule has 1 aromatic rings. The van der Waals surface area contributed by atoms with Crippen molar-refractivity contribution in [1.82, 2.24) is 5.32 Å². The number of hydrogen-bond acceptors (Lipinski definition) is 2. The predicted octanol–water partition coefficient (Wildman–Crippen LogP) is 3.35. The molecule has 0 fully saturated rings. The molecule has 0 aliphatic rings. The second kappa shape index (κ2) is 9.73. The molecule has 1 rings (SSSR count). The third kappa shape index (κ3) is 6.91. The zero-order valence-electron chi connectivity index (χ0n) is 10.2. The Morgan fingerprint density at radius 2 is 1.75 bits per heavy atom. The van der Waals surface area contributed by atoms with Crippen LogP contribution in [0.15, 0.2) is 30.3 Å². The fourth-order valence-electron chi connectivity index (χ4n) is 1.69. The minimum absolute atomic E-state index is 1.17. The van der Waals surface area contributed by atoms with Gasteiger partial charge in [0.25, 0.3) is 0 Å². The Morgan fingerprint density at radius 1 is 1.00 bits per heavy atom. The zero-order valence-corrected chi connectivity index (χ0v) is 11.1. The maximum Gasteiger partial charge on any atom is -0.00411 e. The summed E-state index contributed by atoms with van der Waals surface area (Å²) in [4.78, 5) is 0. The van der Waals surface area contributed by atoms with Crippen molar-refractivity contribution >= 4 is 11.8 Å². The smallest absolute Gasteiger partial charge is 0.00411 e. The Morgan fingerprint density at radius 3 is 2.50 bits per heavy atom. The average molecular weight is 237 g/mol. The molecule has 1 N–H and O–H groups in total. The van der Waals surface area contributed by atoms with Crippen molar-refractivity contribution in [2.24, 2.45) is 0 Å². The maximum atomic E-state index is 3.49. The summed E-state index contributed by atoms with van der Waals surface area (Å²) in [6.07, 6.45) is 7.25. The molecular formula is C14H23NS. The van der Waals surface area contributed by atoms with E-state index in [1.807, 2.05) is 11.8 Å². The highest BCUT2D eigenvalue weighted by atomic mass is 32.2. The zero-order chi connectivity index (χ0) is 11.5. The Hall–Kier alpha value is -0.470. The van der Waals surface area contributed by atoms with Crippen molar-refractivity contribution in [2.75, 3.05) is 25.1 Å². The highest BCUT2D eigenvalue weighted by Crippen LogP contribution is 2.03. The van der Waals surface area contributed by atoms with E-state index in [2.05, 4.69) is 41.9 Å². The largest absolute Gasteiger partial charge is 0.317 e. The summed E-state index contributed by atoms with van der Waals surface area (Å²) in [5.41, 5.74) is 1.46. The fourth-order valence-corrected chi connectivity index (χ4v) is 2.12. The standard InChI is InChI=1S/C14H23NS/c1-16-13-7-12-15-11-6-5-10-14-8-3-2-4-9-14/h2-4,8-9,15H,5-7,10-13H2,1H3. The number of unbranched alkanes of at least 4 members (excludes halogenated alkanes) is 1. The molecule has 0 saturated carbocycles. The van der Waals surface area contributed by atoms with Gasteiger partial charge >= 0.3 is 0 Å². The number of thioether (sulfide) groups is 1. The van der Waals surface area contributed by atoms with Gasteiger partial charge in [-0.25, -0.2) is 0 Å². The average Bonchev–Trinajstić information content (AvgIpc) is 2.34. The van der Waals surface area contributed by atoms with Crippen molar-refractivity contribution in [2.45, 2.75) is 25.7 Å². The molecule has 0 amide bonds. The normalized spacial score (nSPS) is 10.6. The van der Waals surface area contributed by atoms with E-state index in [0.717, 1.165) is 0 Å². The van der Waals surface area contributed by atoms with Gasteiger partial charge in [-0.2, -0.15) is 11.8 Å². The summed E-state index contributed by atoms with van der Waals surface area (Å²) in [5, 5.41) is 3.49. The molecule has 0 aliphatic carbocycles. The molecule has 2 heteroatoms. The highest BCUT2D eigenvalue weighted by Gasteiger charge is 1.92. The van der Waals surface area contributed by atoms with Gasteiger partial charge in [0.05, 0.1) is 0 Å². The molecule has 0 radical (unpaired) electrons. The molecule has 0 spiro atoms. The quantitative estimate of drug-likeness (QED) is 0.661. The Labute approximate surface area is 104 Å². The maximum absolute atomic E-state index is 3.49. The minimum atomic E-state index is 1.17. The van der Waals surface area contributed by atoms with Crippen LogP contribution in [-0.4, -0.2) is 25.1 Å². The van der Waals surface area contributed by atoms with Gasteiger partial charge in [0.1, 0.15) is 0 Å². The number of rotatable bonds is 9. The second-order valence-electron chi connectivity index (χ2n) is 4.04. The minimum Gasteiger partial charge on any atom is -0.317 e. The van der Waals surface area contributed by atoms with Crippen LogP contribution >= 0.6 is 11.8 Å². The van der Waals surface area contributed by atoms with Crippen LogP contribution in [0.25, 0.3) is 0 Å². The first-order chi connectivity index (χ1) is 7.93. The van der Waals surface area contributed by atoms with Crippen molar-refractivity contribution in [1.29, 1.82) is 0 Å². The molecule has 0 aromatic heterocycles. The third-order valence-electron chi connectivity index (χ3n) is 2.61. The van der Waals surface area contributed by atoms with Gasteiger partial charge in [-0.15, -0.1) is 0 Å². The van der Waals surface area contributed by atoms with Crippen LogP contribution < -0.4 is 5.32 Å². The Bertz CT molecular complexity index is 248. The van der Waals surface area contributed by atoms with Gasteiger partial charge in [-0.1, -0.05) is 30.3 Å². The number of hydrogen-bond donors (Lipinski definition) is 1. The van der Waals surface area contributed by atoms with E-state index in [1.165, 1.54) is 50.1 Å². The van der Waals surface area contributed by atoms with E-state index >= 15 is 0 Å². The molecule has 0 atom stereocenters. The molecule has 0 bridgehead atoms. The van der Waals surface area contributed by atoms with Crippen molar-refractivity contribution in [3.63, 3.8) is 0 Å². The molecule has 16 heavy (non-hydrogen) atoms. The first kappa shape index (κ1) is 13.6. The first-order valence-corrected chi connectivity index (χ1v) is 7.56. The summed E-state index contributed by atoms with van der Waals surface area (Å²) < 4.78 is 0. The van der Waals surface area contributed by atoms with Gasteiger partial charge in [0.15, 0.2) is 0 Å². The van der Waals surface area contributed by atoms with Crippen LogP contribution in [0.2, 0.25) is 0 Å². The van der Waals surface area contributed by atoms with Crippen molar-refractivity contribution < 1.29 is 0 Å². The van der Waals surface area contributed by atoms with E-state index in [0.29, 0.717) is 0 Å². The SMILES string of the molecule is CSCCCNCCCCc1ccccc1. The summed E-state index contributed by atoms with van der Waals surface area (Å²) in [6, 6.07) is 10.8. The van der Waals surface area contributed by atoms with Crippen LogP contribution in [0.5, 0.6) is 0 Å². The van der Waals surface area contributed by atoms with E-state index < -0.39 is 0 Å². The fraction of sp³-hybridized carbons (Fsp3) is 0.571. The predicted molar refractivity (Wildman–Crippen MR) is 75.2 cm³/mol. The summed E-state index contributed by atoms with van der Waals surface area (Å²) in [5.74, 6) is 1.27. The third-order valence-corrected chi connectivity index (χ3v) is 3.31. The lowest BCUT2D eigenvalue weighted by molar-refractivity contribution is 0.618. The lowest BCUT2D eigenvalue weighted by Gasteiger charge is -2.04. The van der Waals surface area contributed by atoms with Crippen LogP contribution in [0.4, 0.5) is 0 Å². The van der Waals surface area contributed by atoms with Crippen LogP contribution in [0, 0.1) is 0 Å². The van der Waals surface area contributed by atoms with Crippen LogP contribution in [0.3, 0.4) is 0 Å². The van der Waals surface area contributed by atoms with Crippen LogP contribution in [0.1, 0.15) is 24.8 Å². The van der Waals surface area contributed by atoms with E-state index in [1.54, 1.807) is 0 Å². The molecule has 0 aliphatic heterocycles. The second-order valence-corrected chi connectivity index (χ2v) is 5.02. The van der Waals surface area contributed by atoms with Gasteiger partial charge in [-0.3, -0.25) is 0 Å². The summed E-state index contributed by atoms with van der Waals surface area (Å²) in [6.45, 7) is 2.34. The van der Waals surface area contributed by atoms with Crippen molar-refractivity contribution in [3.8, 4) is 0 Å². The van der Waals surface area contributed by atoms with E-state index in [9.17, 15) is 0 Å². The Balaban J connectivity index is 1.89. The topological polar surface area (TPSA) is 12.0 Å². The first-order valence-electron chi connectivity index (χ1n) is 6.17. The molecule has 90 valence electrons. The van der Waals surface area contributed by atoms with Gasteiger partial charge < -0.3 is 5.32 Å². The lowest BCUT2D eigenvalue weighted by atomic mass is 10.1. The molecule has 1 nitrogen and oxygen atoms in total. The highest BCUT2D eigenvalue weighted by molar-refractivity contribution is 7.98.